The van der Waals surface area contributed by atoms with Gasteiger partial charge in [0.15, 0.2) is 12.1 Å². The number of benzene rings is 2. The van der Waals surface area contributed by atoms with Crippen LogP contribution in [-0.4, -0.2) is 71.8 Å². The van der Waals surface area contributed by atoms with Gasteiger partial charge in [-0.3, -0.25) is 14.8 Å². The van der Waals surface area contributed by atoms with Crippen LogP contribution in [0.4, 0.5) is 0 Å². The fourth-order valence-electron chi connectivity index (χ4n) is 5.73. The molecule has 2 aromatic carbocycles. The van der Waals surface area contributed by atoms with Crippen LogP contribution in [0.15, 0.2) is 48.5 Å². The van der Waals surface area contributed by atoms with Crippen LogP contribution in [0.3, 0.4) is 0 Å². The number of carbonyl (C=O) groups excluding carboxylic acids is 2. The topological polar surface area (TPSA) is 139 Å². The van der Waals surface area contributed by atoms with E-state index in [-0.39, 0.29) is 37.6 Å². The van der Waals surface area contributed by atoms with Gasteiger partial charge in [0.25, 0.3) is 0 Å². The molecule has 3 aliphatic rings. The Balaban J connectivity index is 1.20. The molecule has 5 rings (SSSR count). The summed E-state index contributed by atoms with van der Waals surface area (Å²) in [5.41, 5.74) is 5.30. The summed E-state index contributed by atoms with van der Waals surface area (Å²) in [6, 6.07) is 15.7. The maximum Gasteiger partial charge on any atom is 0.243 e. The molecule has 1 spiro atoms. The molecule has 0 aliphatic carbocycles. The van der Waals surface area contributed by atoms with E-state index in [1.54, 1.807) is 5.48 Å². The standard InChI is InChI=1S/C31H41N3O8/c35-21-23-6-8-24(9-7-23)27-18-26(20-34-14-12-31(13-15-34)39-16-17-40-31)41-30(42-27)25-10-4-22(5-11-25)19-32-28(36)2-1-3-29(37)33-38/h4-11,26-27,30,35,38H,1-3,12-21H2,(H,32,36)(H,33,37). The van der Waals surface area contributed by atoms with Crippen molar-refractivity contribution in [3.63, 3.8) is 0 Å². The third-order valence-electron chi connectivity index (χ3n) is 8.18. The number of piperidine rings is 1. The molecule has 4 N–H and O–H groups in total. The van der Waals surface area contributed by atoms with Crippen molar-refractivity contribution in [1.82, 2.24) is 15.7 Å². The second-order valence-corrected chi connectivity index (χ2v) is 11.2. The van der Waals surface area contributed by atoms with Crippen molar-refractivity contribution in [2.75, 3.05) is 32.8 Å². The van der Waals surface area contributed by atoms with Gasteiger partial charge in [-0.2, -0.15) is 0 Å². The molecule has 2 amide bonds. The van der Waals surface area contributed by atoms with Gasteiger partial charge in [0.05, 0.1) is 32.0 Å². The molecule has 0 radical (unpaired) electrons. The van der Waals surface area contributed by atoms with Crippen molar-refractivity contribution in [1.29, 1.82) is 0 Å². The van der Waals surface area contributed by atoms with Crippen LogP contribution in [0.2, 0.25) is 0 Å². The molecule has 3 aliphatic heterocycles. The number of nitrogens with one attached hydrogen (secondary N) is 2. The number of carbonyl (C=O) groups is 2. The van der Waals surface area contributed by atoms with Gasteiger partial charge in [0.2, 0.25) is 11.8 Å². The molecule has 3 unspecified atom stereocenters. The highest BCUT2D eigenvalue weighted by Crippen LogP contribution is 2.39. The van der Waals surface area contributed by atoms with Crippen LogP contribution >= 0.6 is 0 Å². The van der Waals surface area contributed by atoms with Crippen LogP contribution < -0.4 is 10.8 Å². The van der Waals surface area contributed by atoms with Crippen LogP contribution in [0, 0.1) is 0 Å². The van der Waals surface area contributed by atoms with E-state index < -0.39 is 18.0 Å². The van der Waals surface area contributed by atoms with Gasteiger partial charge in [-0.25, -0.2) is 5.48 Å². The van der Waals surface area contributed by atoms with Gasteiger partial charge in [-0.1, -0.05) is 48.5 Å². The molecular weight excluding hydrogens is 542 g/mol. The first-order chi connectivity index (χ1) is 20.4. The van der Waals surface area contributed by atoms with Crippen molar-refractivity contribution < 1.29 is 38.9 Å². The van der Waals surface area contributed by atoms with Crippen molar-refractivity contribution in [2.24, 2.45) is 0 Å². The molecule has 0 saturated carbocycles. The minimum atomic E-state index is -0.551. The van der Waals surface area contributed by atoms with E-state index in [4.69, 9.17) is 24.2 Å². The minimum absolute atomic E-state index is 0.00227. The quantitative estimate of drug-likeness (QED) is 0.232. The Morgan fingerprint density at radius 3 is 2.19 bits per heavy atom. The Hall–Kier alpha value is -2.90. The second kappa shape index (κ2) is 14.5. The lowest BCUT2D eigenvalue weighted by molar-refractivity contribution is -0.255. The second-order valence-electron chi connectivity index (χ2n) is 11.2. The highest BCUT2D eigenvalue weighted by atomic mass is 16.7. The number of hydroxylamine groups is 1. The summed E-state index contributed by atoms with van der Waals surface area (Å²) in [6.45, 7) is 4.25. The maximum atomic E-state index is 12.1. The van der Waals surface area contributed by atoms with Gasteiger partial charge in [0.1, 0.15) is 0 Å². The number of hydrogen-bond donors (Lipinski definition) is 4. The molecule has 3 saturated heterocycles. The Bertz CT molecular complexity index is 1160. The summed E-state index contributed by atoms with van der Waals surface area (Å²) in [4.78, 5) is 25.6. The fraction of sp³-hybridized carbons (Fsp3) is 0.548. The van der Waals surface area contributed by atoms with Crippen LogP contribution in [0.1, 0.15) is 73.2 Å². The highest BCUT2D eigenvalue weighted by molar-refractivity contribution is 5.78. The van der Waals surface area contributed by atoms with E-state index >= 15 is 0 Å². The molecule has 11 heteroatoms. The van der Waals surface area contributed by atoms with Gasteiger partial charge in [-0.05, 0) is 23.1 Å². The number of likely N-dealkylation sites (tertiary alicyclic amines) is 1. The number of nitrogens with zero attached hydrogens (tertiary/aromatic N) is 1. The molecule has 3 fully saturated rings. The van der Waals surface area contributed by atoms with Crippen molar-refractivity contribution >= 4 is 11.8 Å². The highest BCUT2D eigenvalue weighted by Gasteiger charge is 2.41. The van der Waals surface area contributed by atoms with Crippen LogP contribution in [0.5, 0.6) is 0 Å². The van der Waals surface area contributed by atoms with E-state index in [1.165, 1.54) is 0 Å². The lowest BCUT2D eigenvalue weighted by atomic mass is 9.98. The predicted molar refractivity (Wildman–Crippen MR) is 151 cm³/mol. The number of ether oxygens (including phenoxy) is 4. The van der Waals surface area contributed by atoms with Gasteiger partial charge in [-0.15, -0.1) is 0 Å². The summed E-state index contributed by atoms with van der Waals surface area (Å²) in [5.74, 6) is -1.07. The van der Waals surface area contributed by atoms with E-state index in [9.17, 15) is 14.7 Å². The molecule has 42 heavy (non-hydrogen) atoms. The molecular formula is C31H41N3O8. The largest absolute Gasteiger partial charge is 0.392 e. The Labute approximate surface area is 246 Å². The number of aliphatic hydroxyl groups is 1. The molecule has 3 heterocycles. The first kappa shape index (κ1) is 30.6. The van der Waals surface area contributed by atoms with Crippen LogP contribution in [0.25, 0.3) is 0 Å². The van der Waals surface area contributed by atoms with E-state index in [1.807, 2.05) is 48.5 Å². The Morgan fingerprint density at radius 1 is 0.881 bits per heavy atom. The molecule has 228 valence electrons. The first-order valence-electron chi connectivity index (χ1n) is 14.7. The van der Waals surface area contributed by atoms with E-state index in [2.05, 4.69) is 10.2 Å². The summed E-state index contributed by atoms with van der Waals surface area (Å²) in [7, 11) is 0. The van der Waals surface area contributed by atoms with Crippen molar-refractivity contribution in [2.45, 2.75) is 76.0 Å². The zero-order valence-electron chi connectivity index (χ0n) is 23.8. The number of rotatable bonds is 11. The van der Waals surface area contributed by atoms with Crippen LogP contribution in [-0.2, 0) is 41.7 Å². The normalized spacial score (nSPS) is 24.0. The lowest BCUT2D eigenvalue weighted by Crippen LogP contribution is -2.48. The fourth-order valence-corrected chi connectivity index (χ4v) is 5.73. The smallest absolute Gasteiger partial charge is 0.243 e. The van der Waals surface area contributed by atoms with Gasteiger partial charge in [0, 0.05) is 63.8 Å². The number of amides is 2. The molecule has 2 aromatic rings. The average Bonchev–Trinajstić information content (AvgIpc) is 3.49. The molecule has 0 aromatic heterocycles. The number of hydrogen-bond acceptors (Lipinski definition) is 9. The third-order valence-corrected chi connectivity index (χ3v) is 8.18. The SMILES string of the molecule is O=C(CCCC(=O)NCc1ccc(C2OC(CN3CCC4(CC3)OCCO4)CC(c3ccc(CO)cc3)O2)cc1)NO. The van der Waals surface area contributed by atoms with E-state index in [0.29, 0.717) is 32.6 Å². The predicted octanol–water partition coefficient (Wildman–Crippen LogP) is 2.86. The minimum Gasteiger partial charge on any atom is -0.392 e. The first-order valence-corrected chi connectivity index (χ1v) is 14.7. The van der Waals surface area contributed by atoms with Gasteiger partial charge >= 0.3 is 0 Å². The summed E-state index contributed by atoms with van der Waals surface area (Å²) in [6.07, 6.45) is 2.31. The Kier molecular flexibility index (Phi) is 10.6. The zero-order valence-corrected chi connectivity index (χ0v) is 23.8. The summed E-state index contributed by atoms with van der Waals surface area (Å²) in [5, 5.41) is 20.9. The third kappa shape index (κ3) is 8.13. The van der Waals surface area contributed by atoms with E-state index in [0.717, 1.165) is 54.7 Å². The van der Waals surface area contributed by atoms with Crippen molar-refractivity contribution in [3.8, 4) is 0 Å². The molecule has 11 nitrogen and oxygen atoms in total. The van der Waals surface area contributed by atoms with Crippen molar-refractivity contribution in [3.05, 3.63) is 70.8 Å². The zero-order chi connectivity index (χ0) is 29.4. The summed E-state index contributed by atoms with van der Waals surface area (Å²) >= 11 is 0. The maximum absolute atomic E-state index is 12.1. The summed E-state index contributed by atoms with van der Waals surface area (Å²) < 4.78 is 24.8. The van der Waals surface area contributed by atoms with Gasteiger partial charge < -0.3 is 34.3 Å². The molecule has 3 atom stereocenters. The average molecular weight is 584 g/mol. The Morgan fingerprint density at radius 2 is 1.52 bits per heavy atom. The lowest BCUT2D eigenvalue weighted by Gasteiger charge is -2.41. The number of aliphatic hydroxyl groups excluding tert-OH is 1. The molecule has 0 bridgehead atoms. The monoisotopic (exact) mass is 583 g/mol.